The van der Waals surface area contributed by atoms with E-state index in [1.807, 2.05) is 38.4 Å². The molecule has 0 spiro atoms. The van der Waals surface area contributed by atoms with Gasteiger partial charge in [-0.25, -0.2) is 4.98 Å². The summed E-state index contributed by atoms with van der Waals surface area (Å²) in [6, 6.07) is 5.94. The van der Waals surface area contributed by atoms with Crippen LogP contribution >= 0.6 is 11.3 Å². The Morgan fingerprint density at radius 2 is 2.23 bits per heavy atom. The molecule has 0 aliphatic heterocycles. The number of nitrogens with one attached hydrogen (secondary N) is 1. The quantitative estimate of drug-likeness (QED) is 0.805. The van der Waals surface area contributed by atoms with Gasteiger partial charge in [0.15, 0.2) is 5.65 Å². The van der Waals surface area contributed by atoms with E-state index in [2.05, 4.69) is 21.5 Å². The molecule has 3 rings (SSSR count). The number of fused-ring (bicyclic) bond motifs is 1. The van der Waals surface area contributed by atoms with Crippen LogP contribution in [0.1, 0.15) is 26.6 Å². The fraction of sp³-hybridized carbons (Fsp3) is 0.312. The summed E-state index contributed by atoms with van der Waals surface area (Å²) in [6.45, 7) is 4.42. The summed E-state index contributed by atoms with van der Waals surface area (Å²) in [7, 11) is 1.85. The zero-order valence-corrected chi connectivity index (χ0v) is 13.7. The maximum Gasteiger partial charge on any atom is 0.252 e. The van der Waals surface area contributed by atoms with Crippen molar-refractivity contribution >= 4 is 28.3 Å². The highest BCUT2D eigenvalue weighted by atomic mass is 32.1. The normalized spacial score (nSPS) is 11.0. The minimum Gasteiger partial charge on any atom is -0.352 e. The summed E-state index contributed by atoms with van der Waals surface area (Å²) >= 11 is 1.71. The van der Waals surface area contributed by atoms with Gasteiger partial charge in [-0.2, -0.15) is 5.10 Å². The summed E-state index contributed by atoms with van der Waals surface area (Å²) in [5.41, 5.74) is 3.05. The van der Waals surface area contributed by atoms with E-state index in [9.17, 15) is 4.79 Å². The maximum atomic E-state index is 12.5. The number of pyridine rings is 1. The first-order valence-electron chi connectivity index (χ1n) is 7.18. The van der Waals surface area contributed by atoms with E-state index in [0.717, 1.165) is 28.8 Å². The Labute approximate surface area is 133 Å². The monoisotopic (exact) mass is 314 g/mol. The van der Waals surface area contributed by atoms with Gasteiger partial charge in [0.05, 0.1) is 16.6 Å². The second-order valence-electron chi connectivity index (χ2n) is 5.30. The smallest absolute Gasteiger partial charge is 0.252 e. The van der Waals surface area contributed by atoms with E-state index in [4.69, 9.17) is 0 Å². The topological polar surface area (TPSA) is 59.8 Å². The summed E-state index contributed by atoms with van der Waals surface area (Å²) in [6.07, 6.45) is 0.850. The Hall–Kier alpha value is -2.21. The van der Waals surface area contributed by atoms with Gasteiger partial charge >= 0.3 is 0 Å². The Morgan fingerprint density at radius 3 is 2.95 bits per heavy atom. The van der Waals surface area contributed by atoms with Crippen LogP contribution in [0.5, 0.6) is 0 Å². The second-order valence-corrected chi connectivity index (χ2v) is 6.34. The number of aromatic nitrogens is 3. The van der Waals surface area contributed by atoms with E-state index in [1.54, 1.807) is 16.0 Å². The van der Waals surface area contributed by atoms with Crippen molar-refractivity contribution in [3.63, 3.8) is 0 Å². The highest BCUT2D eigenvalue weighted by Crippen LogP contribution is 2.21. The van der Waals surface area contributed by atoms with Gasteiger partial charge < -0.3 is 5.32 Å². The fourth-order valence-corrected chi connectivity index (χ4v) is 3.31. The number of amides is 1. The van der Waals surface area contributed by atoms with Crippen LogP contribution in [0, 0.1) is 13.8 Å². The summed E-state index contributed by atoms with van der Waals surface area (Å²) < 4.78 is 1.72. The van der Waals surface area contributed by atoms with Crippen molar-refractivity contribution in [3.05, 3.63) is 45.4 Å². The van der Waals surface area contributed by atoms with Crippen molar-refractivity contribution in [2.24, 2.45) is 7.05 Å². The van der Waals surface area contributed by atoms with E-state index >= 15 is 0 Å². The first-order chi connectivity index (χ1) is 10.6. The molecule has 3 aromatic rings. The van der Waals surface area contributed by atoms with Crippen LogP contribution in [-0.4, -0.2) is 27.2 Å². The Bertz CT molecular complexity index is 820. The summed E-state index contributed by atoms with van der Waals surface area (Å²) in [5.74, 6) is -0.0665. The lowest BCUT2D eigenvalue weighted by atomic mass is 10.1. The lowest BCUT2D eigenvalue weighted by molar-refractivity contribution is 0.0955. The maximum absolute atomic E-state index is 12.5. The lowest BCUT2D eigenvalue weighted by Crippen LogP contribution is -2.26. The minimum atomic E-state index is -0.0665. The number of nitrogens with zero attached hydrogens (tertiary/aromatic N) is 3. The Kier molecular flexibility index (Phi) is 3.94. The van der Waals surface area contributed by atoms with Crippen LogP contribution in [0.4, 0.5) is 0 Å². The number of hydrogen-bond donors (Lipinski definition) is 1. The predicted molar refractivity (Wildman–Crippen MR) is 88.3 cm³/mol. The second kappa shape index (κ2) is 5.88. The van der Waals surface area contributed by atoms with Crippen molar-refractivity contribution in [1.29, 1.82) is 0 Å². The zero-order valence-electron chi connectivity index (χ0n) is 12.9. The minimum absolute atomic E-state index is 0.0665. The number of aryl methyl sites for hydroxylation is 3. The molecule has 0 aliphatic carbocycles. The molecule has 0 unspecified atom stereocenters. The van der Waals surface area contributed by atoms with Gasteiger partial charge in [0.2, 0.25) is 0 Å². The number of hydrogen-bond acceptors (Lipinski definition) is 4. The summed E-state index contributed by atoms with van der Waals surface area (Å²) in [4.78, 5) is 18.3. The molecule has 0 saturated carbocycles. The van der Waals surface area contributed by atoms with Gasteiger partial charge in [0.1, 0.15) is 0 Å². The van der Waals surface area contributed by atoms with Gasteiger partial charge in [-0.1, -0.05) is 6.07 Å². The first-order valence-corrected chi connectivity index (χ1v) is 8.06. The number of carbonyl (C=O) groups excluding carboxylic acids is 1. The van der Waals surface area contributed by atoms with E-state index in [-0.39, 0.29) is 5.91 Å². The number of rotatable bonds is 4. The fourth-order valence-electron chi connectivity index (χ4n) is 2.60. The zero-order chi connectivity index (χ0) is 15.7. The van der Waals surface area contributed by atoms with E-state index in [1.165, 1.54) is 4.88 Å². The third-order valence-electron chi connectivity index (χ3n) is 3.58. The van der Waals surface area contributed by atoms with Crippen LogP contribution in [0.25, 0.3) is 11.0 Å². The molecular weight excluding hydrogens is 296 g/mol. The molecule has 114 valence electrons. The highest BCUT2D eigenvalue weighted by molar-refractivity contribution is 7.09. The van der Waals surface area contributed by atoms with Crippen molar-refractivity contribution < 1.29 is 4.79 Å². The van der Waals surface area contributed by atoms with E-state index < -0.39 is 0 Å². The number of thiophene rings is 1. The molecule has 22 heavy (non-hydrogen) atoms. The average Bonchev–Trinajstić information content (AvgIpc) is 3.07. The van der Waals surface area contributed by atoms with Crippen molar-refractivity contribution in [3.8, 4) is 0 Å². The SMILES string of the molecule is Cc1cc(C(=O)NCCc2cccs2)c2c(C)nn(C)c2n1. The molecule has 6 heteroatoms. The standard InChI is InChI=1S/C16H18N4OS/c1-10-9-13(14-11(2)19-20(3)15(14)18-10)16(21)17-7-6-12-5-4-8-22-12/h4-5,8-9H,6-7H2,1-3H3,(H,17,21). The van der Waals surface area contributed by atoms with Crippen LogP contribution in [0.3, 0.4) is 0 Å². The van der Waals surface area contributed by atoms with Crippen LogP contribution in [0.15, 0.2) is 23.6 Å². The Balaban J connectivity index is 1.84. The van der Waals surface area contributed by atoms with Crippen LogP contribution < -0.4 is 5.32 Å². The predicted octanol–water partition coefficient (Wildman–Crippen LogP) is 2.62. The highest BCUT2D eigenvalue weighted by Gasteiger charge is 2.17. The molecule has 3 heterocycles. The third-order valence-corrected chi connectivity index (χ3v) is 4.51. The molecule has 3 aromatic heterocycles. The molecule has 0 aromatic carbocycles. The molecule has 0 aliphatic rings. The molecule has 1 N–H and O–H groups in total. The van der Waals surface area contributed by atoms with Gasteiger partial charge in [-0.05, 0) is 37.8 Å². The van der Waals surface area contributed by atoms with Crippen molar-refractivity contribution in [1.82, 2.24) is 20.1 Å². The molecule has 0 bridgehead atoms. The van der Waals surface area contributed by atoms with Gasteiger partial charge in [0, 0.05) is 24.2 Å². The molecule has 0 atom stereocenters. The van der Waals surface area contributed by atoms with Gasteiger partial charge in [0.25, 0.3) is 5.91 Å². The van der Waals surface area contributed by atoms with Crippen molar-refractivity contribution in [2.45, 2.75) is 20.3 Å². The Morgan fingerprint density at radius 1 is 1.41 bits per heavy atom. The average molecular weight is 314 g/mol. The van der Waals surface area contributed by atoms with Gasteiger partial charge in [-0.15, -0.1) is 11.3 Å². The number of carbonyl (C=O) groups is 1. The largest absolute Gasteiger partial charge is 0.352 e. The molecule has 0 saturated heterocycles. The van der Waals surface area contributed by atoms with Crippen molar-refractivity contribution in [2.75, 3.05) is 6.54 Å². The molecular formula is C16H18N4OS. The van der Waals surface area contributed by atoms with E-state index in [0.29, 0.717) is 12.1 Å². The first kappa shape index (κ1) is 14.7. The van der Waals surface area contributed by atoms with Crippen LogP contribution in [-0.2, 0) is 13.5 Å². The van der Waals surface area contributed by atoms with Gasteiger partial charge in [-0.3, -0.25) is 9.48 Å². The molecule has 1 amide bonds. The van der Waals surface area contributed by atoms with Crippen LogP contribution in [0.2, 0.25) is 0 Å². The molecule has 0 fully saturated rings. The lowest BCUT2D eigenvalue weighted by Gasteiger charge is -2.07. The molecule has 0 radical (unpaired) electrons. The molecule has 5 nitrogen and oxygen atoms in total. The summed E-state index contributed by atoms with van der Waals surface area (Å²) in [5, 5.41) is 10.2. The third kappa shape index (κ3) is 2.74.